The Bertz CT molecular complexity index is 484. The van der Waals surface area contributed by atoms with Crippen molar-refractivity contribution in [2.75, 3.05) is 6.54 Å². The van der Waals surface area contributed by atoms with Crippen molar-refractivity contribution < 1.29 is 44.3 Å². The Morgan fingerprint density at radius 3 is 2.59 bits per heavy atom. The van der Waals surface area contributed by atoms with Crippen molar-refractivity contribution in [1.29, 1.82) is 0 Å². The van der Waals surface area contributed by atoms with E-state index in [-0.39, 0.29) is 40.8 Å². The second-order valence-corrected chi connectivity index (χ2v) is 7.98. The maximum atomic E-state index is 12.2. The van der Waals surface area contributed by atoms with Gasteiger partial charge in [0, 0.05) is 17.3 Å². The number of thioether (sulfide) groups is 1. The van der Waals surface area contributed by atoms with Gasteiger partial charge in [-0.15, -0.1) is 11.8 Å². The molecule has 8 heteroatoms. The summed E-state index contributed by atoms with van der Waals surface area (Å²) in [6.45, 7) is 10.6. The van der Waals surface area contributed by atoms with E-state index in [0.29, 0.717) is 6.04 Å². The second-order valence-electron chi connectivity index (χ2n) is 6.21. The molecule has 2 rings (SSSR count). The van der Waals surface area contributed by atoms with Gasteiger partial charge in [-0.1, -0.05) is 0 Å². The molecule has 118 valence electrons. The van der Waals surface area contributed by atoms with E-state index in [0.717, 1.165) is 6.54 Å². The van der Waals surface area contributed by atoms with Crippen LogP contribution in [0.5, 0.6) is 0 Å². The molecule has 0 aromatic heterocycles. The molecule has 2 fully saturated rings. The average molecular weight is 335 g/mol. The molecule has 2 aliphatic heterocycles. The van der Waals surface area contributed by atoms with Crippen LogP contribution in [0.4, 0.5) is 0 Å². The van der Waals surface area contributed by atoms with Crippen molar-refractivity contribution in [3.05, 3.63) is 0 Å². The van der Waals surface area contributed by atoms with Gasteiger partial charge in [-0.3, -0.25) is 9.79 Å². The molecule has 6 nitrogen and oxygen atoms in total. The number of carbonyl (C=O) groups is 2. The molecular weight excluding hydrogens is 313 g/mol. The molecule has 0 aromatic rings. The zero-order valence-corrected chi connectivity index (χ0v) is 16.9. The van der Waals surface area contributed by atoms with E-state index in [1.807, 2.05) is 25.7 Å². The average Bonchev–Trinajstić information content (AvgIpc) is 2.62. The maximum absolute atomic E-state index is 12.2. The minimum Gasteiger partial charge on any atom is -0.548 e. The Hall–Kier alpha value is -0.240. The number of rotatable bonds is 5. The van der Waals surface area contributed by atoms with Crippen LogP contribution in [0.15, 0.2) is 4.99 Å². The van der Waals surface area contributed by atoms with E-state index >= 15 is 0 Å². The fourth-order valence-corrected chi connectivity index (χ4v) is 4.46. The third-order valence-electron chi connectivity index (χ3n) is 4.04. The van der Waals surface area contributed by atoms with Gasteiger partial charge >= 0.3 is 29.6 Å². The first kappa shape index (κ1) is 19.8. The topological polar surface area (TPSA) is 76.0 Å². The third kappa shape index (κ3) is 3.32. The van der Waals surface area contributed by atoms with Crippen LogP contribution in [0, 0.1) is 0 Å². The molecule has 0 spiro atoms. The van der Waals surface area contributed by atoms with Crippen LogP contribution in [-0.4, -0.2) is 62.8 Å². The van der Waals surface area contributed by atoms with E-state index in [2.05, 4.69) is 18.8 Å². The molecule has 1 unspecified atom stereocenters. The van der Waals surface area contributed by atoms with Crippen LogP contribution in [0.25, 0.3) is 0 Å². The van der Waals surface area contributed by atoms with Crippen LogP contribution in [0.1, 0.15) is 34.6 Å². The molecule has 0 aliphatic carbocycles. The number of aliphatic imine (C=N–C) groups is 1. The fraction of sp³-hybridized carbons (Fsp3) is 0.786. The van der Waals surface area contributed by atoms with Gasteiger partial charge in [0.05, 0.1) is 18.3 Å². The molecule has 2 aliphatic rings. The number of hydrogen-bond acceptors (Lipinski definition) is 5. The summed E-state index contributed by atoms with van der Waals surface area (Å²) in [4.78, 5) is 31.3. The van der Waals surface area contributed by atoms with E-state index in [1.54, 1.807) is 6.34 Å². The van der Waals surface area contributed by atoms with Gasteiger partial charge in [0.2, 0.25) is 0 Å². The zero-order chi connectivity index (χ0) is 15.9. The minimum atomic E-state index is -1.19. The summed E-state index contributed by atoms with van der Waals surface area (Å²) in [5, 5.41) is 11.1. The molecule has 2 heterocycles. The van der Waals surface area contributed by atoms with Crippen molar-refractivity contribution in [3.63, 3.8) is 0 Å². The number of amides is 1. The summed E-state index contributed by atoms with van der Waals surface area (Å²) < 4.78 is -0.550. The second kappa shape index (κ2) is 7.11. The first-order valence-electron chi connectivity index (χ1n) is 7.20. The molecule has 3 atom stereocenters. The Kier molecular flexibility index (Phi) is 6.40. The summed E-state index contributed by atoms with van der Waals surface area (Å²) in [7, 11) is 0. The fourth-order valence-electron chi connectivity index (χ4n) is 2.85. The number of hydrogen-bond donors (Lipinski definition) is 0. The Labute approximate surface area is 158 Å². The number of carboxylic acids is 1. The van der Waals surface area contributed by atoms with Crippen molar-refractivity contribution in [2.24, 2.45) is 4.99 Å². The smallest absolute Gasteiger partial charge is 0.548 e. The number of fused-ring (bicyclic) bond motifs is 1. The van der Waals surface area contributed by atoms with E-state index in [4.69, 9.17) is 0 Å². The first-order valence-corrected chi connectivity index (χ1v) is 8.08. The molecule has 0 aromatic carbocycles. The van der Waals surface area contributed by atoms with Crippen LogP contribution < -0.4 is 34.7 Å². The Morgan fingerprint density at radius 2 is 2.14 bits per heavy atom. The van der Waals surface area contributed by atoms with Crippen molar-refractivity contribution in [1.82, 2.24) is 9.80 Å². The van der Waals surface area contributed by atoms with Gasteiger partial charge in [0.1, 0.15) is 5.37 Å². The largest absolute Gasteiger partial charge is 1.00 e. The molecule has 0 bridgehead atoms. The summed E-state index contributed by atoms with van der Waals surface area (Å²) >= 11 is 1.49. The van der Waals surface area contributed by atoms with Crippen molar-refractivity contribution >= 4 is 30.0 Å². The predicted octanol–water partition coefficient (Wildman–Crippen LogP) is -3.07. The van der Waals surface area contributed by atoms with Crippen molar-refractivity contribution in [2.45, 2.75) is 62.9 Å². The zero-order valence-electron chi connectivity index (χ0n) is 14.1. The molecule has 0 radical (unpaired) electrons. The molecule has 0 N–H and O–H groups in total. The molecular formula is C14H22N3NaO3S. The minimum absolute atomic E-state index is 0. The SMILES string of the molecule is CCN(C=NC1C(=O)N2[C@@H]1SC(C)(C)[C@@H]2C(=O)[O-])C(C)C.[Na+]. The van der Waals surface area contributed by atoms with E-state index in [1.165, 1.54) is 16.7 Å². The standard InChI is InChI=1S/C14H23N3O3S.Na/c1-6-16(8(2)3)7-15-9-11(18)17-10(13(19)20)14(4,5)21-12(9)17;/h7-10,12H,6H2,1-5H3,(H,19,20);/q;+1/p-1/t9?,10-,12+;/m0./s1. The number of aliphatic carboxylic acids is 1. The Morgan fingerprint density at radius 1 is 1.55 bits per heavy atom. The quantitative estimate of drug-likeness (QED) is 0.231. The van der Waals surface area contributed by atoms with Crippen LogP contribution in [0.2, 0.25) is 0 Å². The monoisotopic (exact) mass is 335 g/mol. The summed E-state index contributed by atoms with van der Waals surface area (Å²) in [6.07, 6.45) is 1.71. The van der Waals surface area contributed by atoms with Crippen LogP contribution >= 0.6 is 11.8 Å². The maximum Gasteiger partial charge on any atom is 1.00 e. The molecule has 22 heavy (non-hydrogen) atoms. The predicted molar refractivity (Wildman–Crippen MR) is 80.9 cm³/mol. The van der Waals surface area contributed by atoms with Gasteiger partial charge in [0.15, 0.2) is 6.04 Å². The van der Waals surface area contributed by atoms with Crippen LogP contribution in [-0.2, 0) is 9.59 Å². The van der Waals surface area contributed by atoms with Gasteiger partial charge in [-0.25, -0.2) is 0 Å². The molecule has 0 saturated carbocycles. The summed E-state index contributed by atoms with van der Waals surface area (Å²) in [6, 6.07) is -1.04. The van der Waals surface area contributed by atoms with Gasteiger partial charge < -0.3 is 19.7 Å². The number of β-lactam (4-membered cyclic amide) rings is 1. The van der Waals surface area contributed by atoms with E-state index < -0.39 is 22.8 Å². The molecule has 2 saturated heterocycles. The van der Waals surface area contributed by atoms with Crippen LogP contribution in [0.3, 0.4) is 0 Å². The normalized spacial score (nSPS) is 29.3. The van der Waals surface area contributed by atoms with E-state index in [9.17, 15) is 14.7 Å². The summed E-state index contributed by atoms with van der Waals surface area (Å²) in [5.41, 5.74) is 0. The van der Waals surface area contributed by atoms with Gasteiger partial charge in [-0.05, 0) is 34.6 Å². The number of nitrogens with zero attached hydrogens (tertiary/aromatic N) is 3. The number of carbonyl (C=O) groups excluding carboxylic acids is 2. The van der Waals surface area contributed by atoms with Gasteiger partial charge in [-0.2, -0.15) is 0 Å². The third-order valence-corrected chi connectivity index (χ3v) is 5.60. The number of carboxylic acid groups (broad SMARTS) is 1. The first-order chi connectivity index (χ1) is 9.70. The summed E-state index contributed by atoms with van der Waals surface area (Å²) in [5.74, 6) is -1.41. The van der Waals surface area contributed by atoms with Gasteiger partial charge in [0.25, 0.3) is 5.91 Å². The van der Waals surface area contributed by atoms with Crippen molar-refractivity contribution in [3.8, 4) is 0 Å². The molecule has 1 amide bonds. The Balaban J connectivity index is 0.00000242.